The molecule has 16 nitrogen and oxygen atoms in total. The fraction of sp³-hybridized carbons (Fsp3) is 0.680. The minimum absolute atomic E-state index is 0.0870. The highest BCUT2D eigenvalue weighted by Gasteiger charge is 2.30. The predicted octanol–water partition coefficient (Wildman–Crippen LogP) is 30.0. The van der Waals surface area contributed by atoms with E-state index in [4.69, 9.17) is 32.3 Å². The van der Waals surface area contributed by atoms with Crippen molar-refractivity contribution in [2.75, 3.05) is 39.6 Å². The van der Waals surface area contributed by atoms with Crippen molar-refractivity contribution < 1.29 is 75.8 Å². The van der Waals surface area contributed by atoms with Crippen LogP contribution >= 0.6 is 15.6 Å². The van der Waals surface area contributed by atoms with E-state index >= 15 is 0 Å². The molecule has 0 aliphatic rings. The monoisotopic (exact) mass is 1730 g/mol. The van der Waals surface area contributed by atoms with Crippen molar-refractivity contribution in [3.63, 3.8) is 0 Å². The number of phosphoric acid groups is 2. The largest absolute Gasteiger partial charge is 0.472 e. The van der Waals surface area contributed by atoms with Crippen molar-refractivity contribution in [3.8, 4) is 0 Å². The maximum absolute atomic E-state index is 13.1. The molecular formula is C103H174O16P2. The molecule has 0 radical (unpaired) electrons. The number of carbonyl (C=O) groups excluding carboxylic acids is 3. The Kier molecular flexibility index (Phi) is 89.6. The quantitative estimate of drug-likeness (QED) is 0.0146. The van der Waals surface area contributed by atoms with Crippen LogP contribution in [-0.4, -0.2) is 95.9 Å². The van der Waals surface area contributed by atoms with Gasteiger partial charge in [-0.2, -0.15) is 0 Å². The molecule has 0 aliphatic carbocycles. The Labute approximate surface area is 738 Å². The standard InChI is InChI=1S/C103H174O16P2/c1-4-7-10-13-16-19-22-25-28-31-34-37-40-42-44-46-47-48-49-51-53-54-57-59-62-65-68-71-74-77-80-83-86-89-101(106)113-92-98(104)93-115-120(109,110)116-94-99(105)95-117-121(111,112)118-97-100(119-103(108)91-88-85-82-79-76-73-70-67-64-61-56-39-36-33-30-27-24-21-18-15-12-9-6-3)96-114-102(107)90-87-84-81-78-75-72-69-66-63-60-58-55-52-50-45-43-41-38-35-32-29-26-23-20-17-14-11-8-5-2/h7,9-10,12,16-21,25-30,34-39,42-45,47-48,61,64,98-100,104-105H,4-6,8,11,13-15,22-24,31-33,40-41,46,49-60,62-63,65-97H2,1-3H3,(H,109,110)(H,111,112)/b10-7-,12-9-,19-16-,20-17-,21-18-,28-25-,29-26-,30-27-,37-34-,38-35-,39-36-,44-42-,45-43-,48-47-,64-61-. The Morgan fingerprint density at radius 2 is 0.438 bits per heavy atom. The van der Waals surface area contributed by atoms with E-state index in [1.54, 1.807) is 0 Å². The summed E-state index contributed by atoms with van der Waals surface area (Å²) in [6.07, 6.45) is 124. The van der Waals surface area contributed by atoms with Gasteiger partial charge in [0.1, 0.15) is 25.4 Å². The zero-order chi connectivity index (χ0) is 87.9. The van der Waals surface area contributed by atoms with Crippen molar-refractivity contribution in [1.82, 2.24) is 0 Å². The van der Waals surface area contributed by atoms with Crippen LogP contribution in [0.4, 0.5) is 0 Å². The number of hydrogen-bond acceptors (Lipinski definition) is 14. The van der Waals surface area contributed by atoms with Crippen LogP contribution in [0.5, 0.6) is 0 Å². The number of esters is 3. The Balaban J connectivity index is 4.60. The minimum atomic E-state index is -4.95. The maximum Gasteiger partial charge on any atom is 0.472 e. The molecule has 0 saturated heterocycles. The van der Waals surface area contributed by atoms with Crippen LogP contribution in [0.15, 0.2) is 182 Å². The van der Waals surface area contributed by atoms with Crippen molar-refractivity contribution in [2.24, 2.45) is 0 Å². The average Bonchev–Trinajstić information content (AvgIpc) is 0.887. The molecule has 0 rings (SSSR count). The number of unbranched alkanes of at least 4 members (excludes halogenated alkanes) is 37. The fourth-order valence-electron chi connectivity index (χ4n) is 12.9. The predicted molar refractivity (Wildman–Crippen MR) is 509 cm³/mol. The molecule has 692 valence electrons. The number of rotatable bonds is 90. The highest BCUT2D eigenvalue weighted by atomic mass is 31.2. The number of allylic oxidation sites excluding steroid dienone is 30. The second-order valence-corrected chi connectivity index (χ2v) is 34.7. The van der Waals surface area contributed by atoms with Gasteiger partial charge in [0.05, 0.1) is 26.4 Å². The lowest BCUT2D eigenvalue weighted by atomic mass is 10.0. The van der Waals surface area contributed by atoms with Gasteiger partial charge in [0.25, 0.3) is 0 Å². The van der Waals surface area contributed by atoms with Gasteiger partial charge in [-0.15, -0.1) is 0 Å². The number of carbonyl (C=O) groups is 3. The van der Waals surface area contributed by atoms with Crippen LogP contribution in [0.1, 0.15) is 393 Å². The molecule has 4 N–H and O–H groups in total. The molecule has 5 atom stereocenters. The second kappa shape index (κ2) is 93.8. The summed E-state index contributed by atoms with van der Waals surface area (Å²) in [5, 5.41) is 20.8. The lowest BCUT2D eigenvalue weighted by Crippen LogP contribution is -2.30. The summed E-state index contributed by atoms with van der Waals surface area (Å²) in [6, 6.07) is 0. The first-order valence-corrected chi connectivity index (χ1v) is 51.1. The molecule has 0 spiro atoms. The third-order valence-corrected chi connectivity index (χ3v) is 22.0. The van der Waals surface area contributed by atoms with E-state index in [1.807, 2.05) is 0 Å². The van der Waals surface area contributed by atoms with Gasteiger partial charge in [-0.3, -0.25) is 32.5 Å². The molecule has 0 fully saturated rings. The minimum Gasteiger partial charge on any atom is -0.463 e. The number of hydrogen-bond donors (Lipinski definition) is 4. The molecule has 0 aromatic heterocycles. The normalized spacial score (nSPS) is 14.5. The summed E-state index contributed by atoms with van der Waals surface area (Å²) in [5.41, 5.74) is 0. The van der Waals surface area contributed by atoms with Gasteiger partial charge in [0.2, 0.25) is 0 Å². The first kappa shape index (κ1) is 116. The molecule has 5 unspecified atom stereocenters. The summed E-state index contributed by atoms with van der Waals surface area (Å²) in [5.74, 6) is -1.58. The molecule has 0 amide bonds. The van der Waals surface area contributed by atoms with Crippen LogP contribution in [0, 0.1) is 0 Å². The van der Waals surface area contributed by atoms with Crippen LogP contribution < -0.4 is 0 Å². The number of aliphatic hydroxyl groups is 2. The molecule has 0 aromatic rings. The van der Waals surface area contributed by atoms with E-state index in [0.29, 0.717) is 19.3 Å². The highest BCUT2D eigenvalue weighted by Crippen LogP contribution is 2.45. The summed E-state index contributed by atoms with van der Waals surface area (Å²) in [4.78, 5) is 59.1. The summed E-state index contributed by atoms with van der Waals surface area (Å²) in [7, 11) is -9.82. The average molecular weight is 1730 g/mol. The molecule has 0 heterocycles. The molecular weight excluding hydrogens is 1560 g/mol. The summed E-state index contributed by atoms with van der Waals surface area (Å²) in [6.45, 7) is 2.46. The Morgan fingerprint density at radius 1 is 0.240 bits per heavy atom. The van der Waals surface area contributed by atoms with Gasteiger partial charge in [-0.1, -0.05) is 396 Å². The number of ether oxygens (including phenoxy) is 3. The summed E-state index contributed by atoms with van der Waals surface area (Å²) >= 11 is 0. The SMILES string of the molecule is CC/C=C\C/C=C\C/C=C\C/C=C\C/C=C\C/C=C\CCCCCCCCCCCCCCCCC(=O)OCC(O)COP(=O)(O)OCC(O)COP(=O)(O)OCC(COC(=O)CCCCCCCCCCCCCCC/C=C\C/C=C\C/C=C\C/C=C\CCCCC)OC(=O)CCCCCCCCC/C=C\C/C=C\C/C=C\C/C=C\C/C=C\CC. The van der Waals surface area contributed by atoms with Crippen molar-refractivity contribution in [3.05, 3.63) is 182 Å². The van der Waals surface area contributed by atoms with E-state index in [2.05, 4.69) is 203 Å². The zero-order valence-corrected chi connectivity index (χ0v) is 78.2. The Bertz CT molecular complexity index is 2930. The maximum atomic E-state index is 13.1. The van der Waals surface area contributed by atoms with Gasteiger partial charge < -0.3 is 34.2 Å². The Hall–Kier alpha value is -5.35. The van der Waals surface area contributed by atoms with Gasteiger partial charge in [-0.05, 0) is 161 Å². The van der Waals surface area contributed by atoms with Crippen LogP contribution in [0.3, 0.4) is 0 Å². The third kappa shape index (κ3) is 95.2. The van der Waals surface area contributed by atoms with Crippen molar-refractivity contribution in [2.45, 2.75) is 411 Å². The van der Waals surface area contributed by atoms with Crippen molar-refractivity contribution >= 4 is 33.6 Å². The first-order valence-electron chi connectivity index (χ1n) is 48.1. The van der Waals surface area contributed by atoms with Gasteiger partial charge >= 0.3 is 33.6 Å². The van der Waals surface area contributed by atoms with Crippen LogP contribution in [0.25, 0.3) is 0 Å². The number of phosphoric ester groups is 2. The van der Waals surface area contributed by atoms with E-state index in [0.717, 1.165) is 193 Å². The second-order valence-electron chi connectivity index (χ2n) is 31.8. The topological polar surface area (TPSA) is 231 Å². The van der Waals surface area contributed by atoms with E-state index in [-0.39, 0.29) is 19.3 Å². The van der Waals surface area contributed by atoms with Gasteiger partial charge in [0, 0.05) is 19.3 Å². The molecule has 18 heteroatoms. The van der Waals surface area contributed by atoms with E-state index in [9.17, 15) is 43.5 Å². The summed E-state index contributed by atoms with van der Waals surface area (Å²) < 4.78 is 61.6. The number of aliphatic hydroxyl groups excluding tert-OH is 2. The van der Waals surface area contributed by atoms with E-state index in [1.165, 1.54) is 141 Å². The van der Waals surface area contributed by atoms with Crippen LogP contribution in [-0.2, 0) is 55.8 Å². The molecule has 0 aliphatic heterocycles. The molecule has 0 aromatic carbocycles. The third-order valence-electron chi connectivity index (χ3n) is 20.1. The molecule has 0 saturated carbocycles. The van der Waals surface area contributed by atoms with E-state index < -0.39 is 91.5 Å². The van der Waals surface area contributed by atoms with Gasteiger partial charge in [-0.25, -0.2) is 9.13 Å². The zero-order valence-electron chi connectivity index (χ0n) is 76.4. The fourth-order valence-corrected chi connectivity index (χ4v) is 14.5. The highest BCUT2D eigenvalue weighted by molar-refractivity contribution is 7.47. The lowest BCUT2D eigenvalue weighted by Gasteiger charge is -2.21. The Morgan fingerprint density at radius 3 is 0.694 bits per heavy atom. The van der Waals surface area contributed by atoms with Crippen molar-refractivity contribution in [1.29, 1.82) is 0 Å². The molecule has 0 bridgehead atoms. The van der Waals surface area contributed by atoms with Gasteiger partial charge in [0.15, 0.2) is 6.10 Å². The lowest BCUT2D eigenvalue weighted by molar-refractivity contribution is -0.161. The smallest absolute Gasteiger partial charge is 0.463 e. The molecule has 121 heavy (non-hydrogen) atoms. The van der Waals surface area contributed by atoms with Crippen LogP contribution in [0.2, 0.25) is 0 Å². The first-order chi connectivity index (χ1) is 59.2.